The van der Waals surface area contributed by atoms with Crippen molar-refractivity contribution in [2.24, 2.45) is 5.73 Å². The van der Waals surface area contributed by atoms with Gasteiger partial charge in [-0.1, -0.05) is 6.92 Å². The average Bonchev–Trinajstić information content (AvgIpc) is 2.85. The summed E-state index contributed by atoms with van der Waals surface area (Å²) < 4.78 is 6.21. The molecule has 0 fully saturated rings. The molecular formula is C15H19N3O5S. The summed E-state index contributed by atoms with van der Waals surface area (Å²) in [6.07, 6.45) is 0.516. The number of nitrogens with two attached hydrogens (primary N) is 1. The Hall–Kier alpha value is -2.26. The number of aromatic nitrogens is 2. The molecule has 0 aliphatic carbocycles. The van der Waals surface area contributed by atoms with Crippen LogP contribution in [0, 0.1) is 6.92 Å². The Bertz CT molecular complexity index is 855. The van der Waals surface area contributed by atoms with Gasteiger partial charge in [0, 0.05) is 13.5 Å². The van der Waals surface area contributed by atoms with Gasteiger partial charge in [-0.05, 0) is 18.9 Å². The fourth-order valence-electron chi connectivity index (χ4n) is 2.63. The molecule has 0 aromatic carbocycles. The highest BCUT2D eigenvalue weighted by Gasteiger charge is 2.26. The highest BCUT2D eigenvalue weighted by Crippen LogP contribution is 2.28. The maximum Gasteiger partial charge on any atom is 0.326 e. The molecule has 130 valence electrons. The van der Waals surface area contributed by atoms with Crippen LogP contribution >= 0.6 is 11.3 Å². The Morgan fingerprint density at radius 2 is 2.12 bits per heavy atom. The zero-order valence-corrected chi connectivity index (χ0v) is 14.5. The number of hydrogen-bond acceptors (Lipinski definition) is 6. The highest BCUT2D eigenvalue weighted by atomic mass is 32.1. The zero-order chi connectivity index (χ0) is 18.0. The molecular weight excluding hydrogens is 334 g/mol. The summed E-state index contributed by atoms with van der Waals surface area (Å²) in [6, 6.07) is -1.03. The Balaban J connectivity index is 2.83. The molecule has 0 aliphatic rings. The first-order valence-electron chi connectivity index (χ1n) is 7.39. The summed E-state index contributed by atoms with van der Waals surface area (Å²) in [5.41, 5.74) is 5.31. The van der Waals surface area contributed by atoms with Gasteiger partial charge in [0.25, 0.3) is 11.5 Å². The number of thiophene rings is 1. The SMILES string of the molecule is CCC(C(=O)O)n1c(CCOC)nc2sc(C(N)=O)c(C)c2c1=O. The quantitative estimate of drug-likeness (QED) is 0.768. The lowest BCUT2D eigenvalue weighted by atomic mass is 10.1. The van der Waals surface area contributed by atoms with Crippen LogP contribution in [0.2, 0.25) is 0 Å². The molecule has 9 heteroatoms. The third-order valence-corrected chi connectivity index (χ3v) is 5.01. The maximum atomic E-state index is 12.9. The van der Waals surface area contributed by atoms with Crippen LogP contribution in [0.1, 0.15) is 40.4 Å². The number of aryl methyl sites for hydroxylation is 1. The van der Waals surface area contributed by atoms with Crippen molar-refractivity contribution in [2.45, 2.75) is 32.7 Å². The first-order valence-corrected chi connectivity index (χ1v) is 8.21. The van der Waals surface area contributed by atoms with Crippen molar-refractivity contribution in [3.05, 3.63) is 26.6 Å². The number of carbonyl (C=O) groups is 2. The van der Waals surface area contributed by atoms with Crippen LogP contribution in [-0.2, 0) is 16.0 Å². The van der Waals surface area contributed by atoms with Gasteiger partial charge in [-0.25, -0.2) is 9.78 Å². The number of methoxy groups -OCH3 is 1. The maximum absolute atomic E-state index is 12.9. The van der Waals surface area contributed by atoms with Crippen LogP contribution in [-0.4, -0.2) is 40.3 Å². The lowest BCUT2D eigenvalue weighted by Crippen LogP contribution is -2.33. The third kappa shape index (κ3) is 3.04. The van der Waals surface area contributed by atoms with Crippen LogP contribution < -0.4 is 11.3 Å². The lowest BCUT2D eigenvalue weighted by Gasteiger charge is -2.18. The Morgan fingerprint density at radius 1 is 1.46 bits per heavy atom. The van der Waals surface area contributed by atoms with Crippen LogP contribution in [0.5, 0.6) is 0 Å². The number of hydrogen-bond donors (Lipinski definition) is 2. The Kier molecular flexibility index (Phi) is 5.35. The number of aliphatic carboxylic acids is 1. The molecule has 2 aromatic heterocycles. The van der Waals surface area contributed by atoms with Gasteiger partial charge in [-0.2, -0.15) is 0 Å². The van der Waals surface area contributed by atoms with E-state index in [0.717, 1.165) is 11.3 Å². The van der Waals surface area contributed by atoms with Crippen molar-refractivity contribution in [1.29, 1.82) is 0 Å². The summed E-state index contributed by atoms with van der Waals surface area (Å²) in [7, 11) is 1.51. The second-order valence-corrected chi connectivity index (χ2v) is 6.31. The molecule has 0 radical (unpaired) electrons. The number of carboxylic acids is 1. The molecule has 2 aromatic rings. The van der Waals surface area contributed by atoms with Crippen molar-refractivity contribution >= 4 is 33.4 Å². The predicted molar refractivity (Wildman–Crippen MR) is 89.7 cm³/mol. The number of rotatable bonds is 7. The molecule has 8 nitrogen and oxygen atoms in total. The number of carbonyl (C=O) groups excluding carboxylic acids is 1. The van der Waals surface area contributed by atoms with E-state index in [1.807, 2.05) is 0 Å². The molecule has 0 bridgehead atoms. The minimum absolute atomic E-state index is 0.230. The van der Waals surface area contributed by atoms with Crippen molar-refractivity contribution in [3.63, 3.8) is 0 Å². The fraction of sp³-hybridized carbons (Fsp3) is 0.467. The minimum Gasteiger partial charge on any atom is -0.480 e. The summed E-state index contributed by atoms with van der Waals surface area (Å²) in [5, 5.41) is 9.69. The summed E-state index contributed by atoms with van der Waals surface area (Å²) in [6.45, 7) is 3.59. The molecule has 1 atom stereocenters. The largest absolute Gasteiger partial charge is 0.480 e. The predicted octanol–water partition coefficient (Wildman–Crippen LogP) is 1.09. The zero-order valence-electron chi connectivity index (χ0n) is 13.7. The third-order valence-electron chi connectivity index (χ3n) is 3.81. The Labute approximate surface area is 141 Å². The molecule has 0 aliphatic heterocycles. The molecule has 0 saturated heterocycles. The van der Waals surface area contributed by atoms with Crippen LogP contribution in [0.3, 0.4) is 0 Å². The van der Waals surface area contributed by atoms with Gasteiger partial charge >= 0.3 is 5.97 Å². The van der Waals surface area contributed by atoms with Crippen molar-refractivity contribution in [1.82, 2.24) is 9.55 Å². The normalized spacial score (nSPS) is 12.5. The molecule has 3 N–H and O–H groups in total. The van der Waals surface area contributed by atoms with E-state index in [4.69, 9.17) is 10.5 Å². The second kappa shape index (κ2) is 7.10. The van der Waals surface area contributed by atoms with Crippen molar-refractivity contribution in [2.75, 3.05) is 13.7 Å². The highest BCUT2D eigenvalue weighted by molar-refractivity contribution is 7.20. The van der Waals surface area contributed by atoms with E-state index in [9.17, 15) is 19.5 Å². The summed E-state index contributed by atoms with van der Waals surface area (Å²) in [5.74, 6) is -1.42. The summed E-state index contributed by atoms with van der Waals surface area (Å²) >= 11 is 1.04. The van der Waals surface area contributed by atoms with E-state index >= 15 is 0 Å². The molecule has 2 heterocycles. The van der Waals surface area contributed by atoms with Gasteiger partial charge in [0.05, 0.1) is 16.9 Å². The topological polar surface area (TPSA) is 125 Å². The van der Waals surface area contributed by atoms with Crippen LogP contribution in [0.4, 0.5) is 0 Å². The van der Waals surface area contributed by atoms with Gasteiger partial charge in [0.1, 0.15) is 16.7 Å². The van der Waals surface area contributed by atoms with E-state index in [0.29, 0.717) is 22.8 Å². The fourth-order valence-corrected chi connectivity index (χ4v) is 3.67. The van der Waals surface area contributed by atoms with E-state index in [2.05, 4.69) is 4.98 Å². The number of fused-ring (bicyclic) bond motifs is 1. The van der Waals surface area contributed by atoms with Gasteiger partial charge < -0.3 is 15.6 Å². The molecule has 1 amide bonds. The Morgan fingerprint density at radius 3 is 2.62 bits per heavy atom. The molecule has 24 heavy (non-hydrogen) atoms. The molecule has 0 spiro atoms. The molecule has 1 unspecified atom stereocenters. The number of carboxylic acid groups (broad SMARTS) is 1. The number of primary amides is 1. The second-order valence-electron chi connectivity index (χ2n) is 5.31. The van der Waals surface area contributed by atoms with Crippen LogP contribution in [0.25, 0.3) is 10.2 Å². The van der Waals surface area contributed by atoms with E-state index in [1.54, 1.807) is 13.8 Å². The number of amides is 1. The van der Waals surface area contributed by atoms with Crippen LogP contribution in [0.15, 0.2) is 4.79 Å². The van der Waals surface area contributed by atoms with Gasteiger partial charge in [0.15, 0.2) is 0 Å². The monoisotopic (exact) mass is 353 g/mol. The van der Waals surface area contributed by atoms with Gasteiger partial charge in [-0.3, -0.25) is 14.2 Å². The van der Waals surface area contributed by atoms with Gasteiger partial charge in [0.2, 0.25) is 0 Å². The first-order chi connectivity index (χ1) is 11.3. The number of nitrogens with zero attached hydrogens (tertiary/aromatic N) is 2. The minimum atomic E-state index is -1.11. The van der Waals surface area contributed by atoms with Crippen molar-refractivity contribution < 1.29 is 19.4 Å². The molecule has 0 saturated carbocycles. The first kappa shape index (κ1) is 18.1. The summed E-state index contributed by atoms with van der Waals surface area (Å²) in [4.78, 5) is 41.1. The van der Waals surface area contributed by atoms with Gasteiger partial charge in [-0.15, -0.1) is 11.3 Å². The smallest absolute Gasteiger partial charge is 0.326 e. The lowest BCUT2D eigenvalue weighted by molar-refractivity contribution is -0.141. The van der Waals surface area contributed by atoms with E-state index < -0.39 is 23.5 Å². The molecule has 2 rings (SSSR count). The van der Waals surface area contributed by atoms with E-state index in [-0.39, 0.29) is 23.1 Å². The number of ether oxygens (including phenoxy) is 1. The standard InChI is InChI=1S/C15H19N3O5S/c1-4-8(15(21)22)18-9(5-6-23-3)17-13-10(14(18)20)7(2)11(24-13)12(16)19/h8H,4-6H2,1-3H3,(H2,16,19)(H,21,22). The van der Waals surface area contributed by atoms with E-state index in [1.165, 1.54) is 11.7 Å². The average molecular weight is 353 g/mol. The van der Waals surface area contributed by atoms with Crippen molar-refractivity contribution in [3.8, 4) is 0 Å².